The van der Waals surface area contributed by atoms with Crippen LogP contribution in [-0.4, -0.2) is 40.1 Å². The summed E-state index contributed by atoms with van der Waals surface area (Å²) in [5, 5.41) is 31.1. The summed E-state index contributed by atoms with van der Waals surface area (Å²) in [4.78, 5) is 24.8. The molecule has 7 heteroatoms. The van der Waals surface area contributed by atoms with Crippen LogP contribution in [0.3, 0.4) is 0 Å². The summed E-state index contributed by atoms with van der Waals surface area (Å²) >= 11 is 0. The van der Waals surface area contributed by atoms with E-state index in [1.54, 1.807) is 13.8 Å². The molecule has 2 aliphatic carbocycles. The van der Waals surface area contributed by atoms with E-state index in [1.807, 2.05) is 6.92 Å². The molecule has 1 aromatic rings. The van der Waals surface area contributed by atoms with Gasteiger partial charge in [-0.05, 0) is 25.3 Å². The second kappa shape index (κ2) is 5.41. The lowest BCUT2D eigenvalue weighted by atomic mass is 9.49. The second-order valence-corrected chi connectivity index (χ2v) is 8.53. The molecule has 142 valence electrons. The van der Waals surface area contributed by atoms with Crippen LogP contribution < -0.4 is 5.63 Å². The maximum absolute atomic E-state index is 12.6. The molecular weight excluding hydrogens is 340 g/mol. The third-order valence-electron chi connectivity index (χ3n) is 6.70. The number of fused-ring (bicyclic) bond motifs is 2. The van der Waals surface area contributed by atoms with E-state index in [4.69, 9.17) is 9.15 Å². The molecular formula is C19H24O7. The monoisotopic (exact) mass is 364 g/mol. The van der Waals surface area contributed by atoms with Crippen molar-refractivity contribution in [1.82, 2.24) is 0 Å². The number of hydrogen-bond acceptors (Lipinski definition) is 7. The Labute approximate surface area is 150 Å². The molecule has 7 nitrogen and oxygen atoms in total. The quantitative estimate of drug-likeness (QED) is 0.663. The fourth-order valence-corrected chi connectivity index (χ4v) is 5.71. The van der Waals surface area contributed by atoms with Gasteiger partial charge in [0.25, 0.3) is 0 Å². The largest absolute Gasteiger partial charge is 0.458 e. The Kier molecular flexibility index (Phi) is 3.68. The number of esters is 1. The number of hydrogen-bond donors (Lipinski definition) is 3. The Hall–Kier alpha value is -1.70. The van der Waals surface area contributed by atoms with Gasteiger partial charge in [0.1, 0.15) is 18.0 Å². The van der Waals surface area contributed by atoms with Gasteiger partial charge in [0.15, 0.2) is 0 Å². The van der Waals surface area contributed by atoms with Crippen LogP contribution in [0.5, 0.6) is 0 Å². The van der Waals surface area contributed by atoms with Gasteiger partial charge in [0.05, 0.1) is 18.1 Å². The van der Waals surface area contributed by atoms with Crippen molar-refractivity contribution in [3.8, 4) is 0 Å². The minimum Gasteiger partial charge on any atom is -0.458 e. The Bertz CT molecular complexity index is 830. The molecule has 2 fully saturated rings. The number of carbonyl (C=O) groups is 1. The van der Waals surface area contributed by atoms with Crippen LogP contribution in [-0.2, 0) is 14.9 Å². The zero-order valence-corrected chi connectivity index (χ0v) is 15.1. The minimum absolute atomic E-state index is 0.215. The molecule has 7 atom stereocenters. The van der Waals surface area contributed by atoms with Gasteiger partial charge in [-0.15, -0.1) is 0 Å². The summed E-state index contributed by atoms with van der Waals surface area (Å²) in [5.41, 5.74) is -1.23. The average Bonchev–Trinajstić information content (AvgIpc) is 2.83. The zero-order chi connectivity index (χ0) is 19.0. The second-order valence-electron chi connectivity index (χ2n) is 8.53. The van der Waals surface area contributed by atoms with Gasteiger partial charge in [-0.25, -0.2) is 4.79 Å². The highest BCUT2D eigenvalue weighted by Crippen LogP contribution is 2.63. The molecule has 1 saturated heterocycles. The van der Waals surface area contributed by atoms with Gasteiger partial charge < -0.3 is 24.5 Å². The first-order valence-corrected chi connectivity index (χ1v) is 9.00. The molecule has 3 N–H and O–H groups in total. The number of aliphatic hydroxyl groups is 3. The van der Waals surface area contributed by atoms with E-state index < -0.39 is 46.7 Å². The first-order chi connectivity index (χ1) is 12.1. The normalized spacial score (nSPS) is 42.0. The molecule has 0 radical (unpaired) electrons. The zero-order valence-electron chi connectivity index (χ0n) is 15.1. The molecule has 3 unspecified atom stereocenters. The highest BCUT2D eigenvalue weighted by Gasteiger charge is 2.68. The first kappa shape index (κ1) is 17.7. The van der Waals surface area contributed by atoms with Gasteiger partial charge in [0.2, 0.25) is 0 Å². The van der Waals surface area contributed by atoms with Gasteiger partial charge in [0, 0.05) is 28.9 Å². The number of ether oxygens (including phenoxy) is 1. The molecule has 0 aromatic carbocycles. The molecule has 2 heterocycles. The van der Waals surface area contributed by atoms with Gasteiger partial charge in [-0.2, -0.15) is 0 Å². The van der Waals surface area contributed by atoms with Gasteiger partial charge >= 0.3 is 11.6 Å². The molecule has 3 aliphatic rings. The Morgan fingerprint density at radius 3 is 2.54 bits per heavy atom. The van der Waals surface area contributed by atoms with Crippen molar-refractivity contribution in [3.05, 3.63) is 33.4 Å². The predicted octanol–water partition coefficient (Wildman–Crippen LogP) is 0.743. The van der Waals surface area contributed by atoms with Crippen molar-refractivity contribution in [1.29, 1.82) is 0 Å². The van der Waals surface area contributed by atoms with Crippen molar-refractivity contribution in [2.75, 3.05) is 6.61 Å². The third-order valence-corrected chi connectivity index (χ3v) is 6.70. The van der Waals surface area contributed by atoms with Crippen LogP contribution in [0.1, 0.15) is 62.5 Å². The minimum atomic E-state index is -1.14. The average molecular weight is 364 g/mol. The number of carbonyl (C=O) groups excluding carboxylic acids is 1. The highest BCUT2D eigenvalue weighted by molar-refractivity contribution is 5.81. The van der Waals surface area contributed by atoms with E-state index in [1.165, 1.54) is 6.07 Å². The van der Waals surface area contributed by atoms with E-state index in [0.717, 1.165) is 0 Å². The van der Waals surface area contributed by atoms with E-state index in [0.29, 0.717) is 17.5 Å². The Balaban J connectivity index is 2.02. The van der Waals surface area contributed by atoms with Crippen LogP contribution in [0.4, 0.5) is 0 Å². The molecule has 4 rings (SSSR count). The maximum atomic E-state index is 12.6. The van der Waals surface area contributed by atoms with Crippen LogP contribution in [0.25, 0.3) is 0 Å². The van der Waals surface area contributed by atoms with Crippen molar-refractivity contribution >= 4 is 5.97 Å². The van der Waals surface area contributed by atoms with Crippen molar-refractivity contribution < 1.29 is 29.3 Å². The summed E-state index contributed by atoms with van der Waals surface area (Å²) in [6, 6.07) is 1.35. The highest BCUT2D eigenvalue weighted by atomic mass is 16.6. The van der Waals surface area contributed by atoms with E-state index >= 15 is 0 Å². The smallest absolute Gasteiger partial charge is 0.336 e. The molecule has 0 bridgehead atoms. The maximum Gasteiger partial charge on any atom is 0.336 e. The third kappa shape index (κ3) is 2.05. The Morgan fingerprint density at radius 1 is 1.23 bits per heavy atom. The molecule has 1 aromatic heterocycles. The van der Waals surface area contributed by atoms with E-state index in [2.05, 4.69) is 0 Å². The molecule has 0 amide bonds. The fraction of sp³-hybridized carbons (Fsp3) is 0.684. The lowest BCUT2D eigenvalue weighted by Gasteiger charge is -2.53. The summed E-state index contributed by atoms with van der Waals surface area (Å²) in [6.07, 6.45) is -2.00. The first-order valence-electron chi connectivity index (χ1n) is 9.00. The molecule has 1 saturated carbocycles. The summed E-state index contributed by atoms with van der Waals surface area (Å²) in [5.74, 6) is -1.07. The SMILES string of the molecule is CC(CO)c1oc(=O)cc2c1[C@@H](O)C1OC(=O)[C@@]3(C)C[C@@H](O)C[C@@]2(C)C13. The van der Waals surface area contributed by atoms with Gasteiger partial charge in [-0.1, -0.05) is 13.8 Å². The standard InChI is InChI=1S/C19H24O7/c1-8(7-20)14-12-10(4-11(22)25-14)18(2)5-9(21)6-19(3)16(18)15(13(12)23)26-17(19)24/h4,8-9,13,15-16,20-21,23H,5-7H2,1-3H3/t8?,9-,13+,15?,16?,18+,19-/m0/s1. The van der Waals surface area contributed by atoms with Crippen LogP contribution >= 0.6 is 0 Å². The summed E-state index contributed by atoms with van der Waals surface area (Å²) < 4.78 is 10.9. The Morgan fingerprint density at radius 2 is 1.88 bits per heavy atom. The topological polar surface area (TPSA) is 117 Å². The van der Waals surface area contributed by atoms with Crippen LogP contribution in [0, 0.1) is 11.3 Å². The lowest BCUT2D eigenvalue weighted by molar-refractivity contribution is -0.152. The van der Waals surface area contributed by atoms with E-state index in [9.17, 15) is 24.9 Å². The number of aliphatic hydroxyl groups excluding tert-OH is 3. The van der Waals surface area contributed by atoms with Gasteiger partial charge in [-0.3, -0.25) is 4.79 Å². The summed E-state index contributed by atoms with van der Waals surface area (Å²) in [6.45, 7) is 5.11. The van der Waals surface area contributed by atoms with Crippen LogP contribution in [0.15, 0.2) is 15.3 Å². The summed E-state index contributed by atoms with van der Waals surface area (Å²) in [7, 11) is 0. The van der Waals surface area contributed by atoms with E-state index in [-0.39, 0.29) is 24.7 Å². The van der Waals surface area contributed by atoms with Crippen molar-refractivity contribution in [2.45, 2.75) is 63.3 Å². The fourth-order valence-electron chi connectivity index (χ4n) is 5.71. The molecule has 1 aliphatic heterocycles. The predicted molar refractivity (Wildman–Crippen MR) is 89.5 cm³/mol. The van der Waals surface area contributed by atoms with Crippen molar-refractivity contribution in [3.63, 3.8) is 0 Å². The molecule has 26 heavy (non-hydrogen) atoms. The van der Waals surface area contributed by atoms with Crippen molar-refractivity contribution in [2.24, 2.45) is 11.3 Å². The van der Waals surface area contributed by atoms with Crippen LogP contribution in [0.2, 0.25) is 0 Å². The number of rotatable bonds is 2. The molecule has 0 spiro atoms. The lowest BCUT2D eigenvalue weighted by Crippen LogP contribution is -2.57.